The van der Waals surface area contributed by atoms with E-state index >= 15 is 0 Å². The third kappa shape index (κ3) is 5.10. The molecule has 4 heteroatoms. The van der Waals surface area contributed by atoms with Crippen molar-refractivity contribution in [2.45, 2.75) is 0 Å². The van der Waals surface area contributed by atoms with Gasteiger partial charge in [-0.1, -0.05) is 22.4 Å². The zero-order valence-corrected chi connectivity index (χ0v) is 5.78. The lowest BCUT2D eigenvalue weighted by Crippen LogP contribution is -1.88. The van der Waals surface area contributed by atoms with Crippen LogP contribution in [-0.4, -0.2) is 15.3 Å². The smallest absolute Gasteiger partial charge is 0.432 e. The molecule has 0 aromatic heterocycles. The van der Waals surface area contributed by atoms with E-state index in [2.05, 4.69) is 0 Å². The minimum Gasteiger partial charge on any atom is -0.433 e. The number of halogens is 1. The maximum atomic E-state index is 8.31. The highest BCUT2D eigenvalue weighted by Gasteiger charge is 1.96. The Morgan fingerprint density at radius 2 is 2.20 bits per heavy atom. The molecule has 0 unspecified atom stereocenters. The fourth-order valence-corrected chi connectivity index (χ4v) is 0. The third-order valence-electron chi connectivity index (χ3n) is 0.194. The first-order chi connectivity index (χ1) is 2.27. The molecule has 0 fully saturated rings. The second kappa shape index (κ2) is 3.30. The Hall–Kier alpha value is 1.10. The van der Waals surface area contributed by atoms with Crippen LogP contribution in [0.4, 0.5) is 0 Å². The van der Waals surface area contributed by atoms with E-state index in [0.29, 0.717) is 0 Å². The van der Waals surface area contributed by atoms with Crippen molar-refractivity contribution < 1.29 is 5.02 Å². The monoisotopic (exact) mass is 202 g/mol. The Morgan fingerprint density at radius 1 is 2.00 bits per heavy atom. The largest absolute Gasteiger partial charge is 0.433 e. The van der Waals surface area contributed by atoms with Crippen LogP contribution in [-0.2, 0) is 0 Å². The minimum absolute atomic E-state index is 0.229. The number of hydrogen-bond acceptors (Lipinski definition) is 2. The zero-order valence-electron chi connectivity index (χ0n) is 2.81. The van der Waals surface area contributed by atoms with Gasteiger partial charge in [0.2, 0.25) is 0 Å². The minimum atomic E-state index is -0.229. The first-order valence-electron chi connectivity index (χ1n) is 1.12. The maximum absolute atomic E-state index is 8.31. The van der Waals surface area contributed by atoms with E-state index in [9.17, 15) is 0 Å². The first-order valence-corrected chi connectivity index (χ1v) is 3.65. The van der Waals surface area contributed by atoms with E-state index in [-0.39, 0.29) is 4.05 Å². The fraction of sp³-hybridized carbons (Fsp3) is 1.00. The summed E-state index contributed by atoms with van der Waals surface area (Å²) in [6.45, 7) is 0. The number of hydrogen-bond donors (Lipinski definition) is 1. The molecule has 0 saturated heterocycles. The number of rotatable bonds is 1. The second-order valence-electron chi connectivity index (χ2n) is 0.528. The van der Waals surface area contributed by atoms with Gasteiger partial charge in [0.25, 0.3) is 0 Å². The van der Waals surface area contributed by atoms with Gasteiger partial charge >= 0.3 is 4.05 Å². The molecular formula is CH4BIOS. The highest BCUT2D eigenvalue weighted by atomic mass is 127. The summed E-state index contributed by atoms with van der Waals surface area (Å²) in [7, 11) is 0. The van der Waals surface area contributed by atoms with Crippen LogP contribution in [0.2, 0.25) is 0 Å². The first kappa shape index (κ1) is 6.10. The van der Waals surface area contributed by atoms with E-state index in [1.54, 1.807) is 0 Å². The summed E-state index contributed by atoms with van der Waals surface area (Å²) in [4.78, 5) is 0. The molecule has 0 aliphatic rings. The summed E-state index contributed by atoms with van der Waals surface area (Å²) in [6.07, 6.45) is 1.86. The molecule has 0 saturated carbocycles. The molecule has 0 aromatic rings. The molecule has 5 heavy (non-hydrogen) atoms. The topological polar surface area (TPSA) is 20.2 Å². The molecule has 0 rings (SSSR count). The standard InChI is InChI=1S/CH4BIOS/c1-5-2(3)4/h4H,1H3. The summed E-state index contributed by atoms with van der Waals surface area (Å²) in [5.41, 5.74) is 0. The van der Waals surface area contributed by atoms with Gasteiger partial charge in [-0.25, -0.2) is 0 Å². The van der Waals surface area contributed by atoms with Crippen molar-refractivity contribution in [3.63, 3.8) is 0 Å². The van der Waals surface area contributed by atoms with E-state index < -0.39 is 0 Å². The van der Waals surface area contributed by atoms with Crippen LogP contribution < -0.4 is 0 Å². The average Bonchev–Trinajstić information content (AvgIpc) is 1.38. The van der Waals surface area contributed by atoms with Crippen molar-refractivity contribution in [2.24, 2.45) is 0 Å². The molecule has 0 atom stereocenters. The highest BCUT2D eigenvalue weighted by molar-refractivity contribution is 14.1. The highest BCUT2D eigenvalue weighted by Crippen LogP contribution is 2.02. The Morgan fingerprint density at radius 3 is 2.20 bits per heavy atom. The van der Waals surface area contributed by atoms with Gasteiger partial charge in [0.05, 0.1) is 0 Å². The van der Waals surface area contributed by atoms with E-state index in [4.69, 9.17) is 5.02 Å². The van der Waals surface area contributed by atoms with Crippen LogP contribution in [0.1, 0.15) is 0 Å². The molecule has 0 radical (unpaired) electrons. The molecule has 0 aromatic carbocycles. The van der Waals surface area contributed by atoms with Crippen molar-refractivity contribution in [2.75, 3.05) is 6.26 Å². The predicted octanol–water partition coefficient (Wildman–Crippen LogP) is 0.762. The lowest BCUT2D eigenvalue weighted by atomic mass is 10.6. The SMILES string of the molecule is CSB(O)I. The van der Waals surface area contributed by atoms with E-state index in [1.165, 1.54) is 11.6 Å². The lowest BCUT2D eigenvalue weighted by molar-refractivity contribution is 0.620. The summed E-state index contributed by atoms with van der Waals surface area (Å²) in [5, 5.41) is 8.31. The van der Waals surface area contributed by atoms with Gasteiger partial charge in [-0.15, -0.1) is 0 Å². The van der Waals surface area contributed by atoms with Crippen LogP contribution in [0.25, 0.3) is 0 Å². The van der Waals surface area contributed by atoms with Crippen LogP contribution in [0.15, 0.2) is 0 Å². The molecule has 0 aliphatic carbocycles. The zero-order chi connectivity index (χ0) is 4.28. The Bertz CT molecular complexity index is 25.6. The van der Waals surface area contributed by atoms with Crippen LogP contribution >= 0.6 is 34.0 Å². The average molecular weight is 202 g/mol. The second-order valence-corrected chi connectivity index (χ2v) is 3.47. The molecule has 0 aliphatic heterocycles. The van der Waals surface area contributed by atoms with Gasteiger partial charge in [-0.3, -0.25) is 0 Å². The van der Waals surface area contributed by atoms with Gasteiger partial charge in [0.15, 0.2) is 0 Å². The normalized spacial score (nSPS) is 7.80. The van der Waals surface area contributed by atoms with Gasteiger partial charge in [0, 0.05) is 0 Å². The van der Waals surface area contributed by atoms with Crippen LogP contribution in [0.3, 0.4) is 0 Å². The summed E-state index contributed by atoms with van der Waals surface area (Å²) in [6, 6.07) is 0. The summed E-state index contributed by atoms with van der Waals surface area (Å²) in [5.74, 6) is 0. The van der Waals surface area contributed by atoms with Gasteiger partial charge in [-0.2, -0.15) is 11.6 Å². The molecule has 1 nitrogen and oxygen atoms in total. The summed E-state index contributed by atoms with van der Waals surface area (Å²) < 4.78 is -0.229. The molecule has 30 valence electrons. The van der Waals surface area contributed by atoms with Crippen molar-refractivity contribution in [1.29, 1.82) is 0 Å². The fourth-order valence-electron chi connectivity index (χ4n) is 0. The maximum Gasteiger partial charge on any atom is 0.432 e. The summed E-state index contributed by atoms with van der Waals surface area (Å²) >= 11 is 3.35. The van der Waals surface area contributed by atoms with Crippen molar-refractivity contribution in [3.05, 3.63) is 0 Å². The van der Waals surface area contributed by atoms with Gasteiger partial charge < -0.3 is 5.02 Å². The van der Waals surface area contributed by atoms with Crippen LogP contribution in [0.5, 0.6) is 0 Å². The molecule has 0 spiro atoms. The van der Waals surface area contributed by atoms with Gasteiger partial charge in [-0.05, 0) is 6.26 Å². The van der Waals surface area contributed by atoms with Crippen LogP contribution in [0, 0.1) is 0 Å². The Labute approximate surface area is 49.4 Å². The van der Waals surface area contributed by atoms with Crippen molar-refractivity contribution >= 4 is 38.0 Å². The third-order valence-corrected chi connectivity index (χ3v) is 2.11. The van der Waals surface area contributed by atoms with E-state index in [1.807, 2.05) is 28.6 Å². The van der Waals surface area contributed by atoms with Crippen molar-refractivity contribution in [1.82, 2.24) is 0 Å². The van der Waals surface area contributed by atoms with Crippen molar-refractivity contribution in [3.8, 4) is 0 Å². The predicted molar refractivity (Wildman–Crippen MR) is 35.5 cm³/mol. The molecular weight excluding hydrogens is 198 g/mol. The van der Waals surface area contributed by atoms with E-state index in [0.717, 1.165) is 0 Å². The molecule has 0 heterocycles. The quantitative estimate of drug-likeness (QED) is 0.500. The molecule has 1 N–H and O–H groups in total. The molecule has 0 bridgehead atoms. The molecule has 0 amide bonds. The Kier molecular flexibility index (Phi) is 4.03. The lowest BCUT2D eigenvalue weighted by Gasteiger charge is -1.81. The van der Waals surface area contributed by atoms with Gasteiger partial charge in [0.1, 0.15) is 0 Å². The Balaban J connectivity index is 2.54.